The molecule has 0 saturated heterocycles. The van der Waals surface area contributed by atoms with Crippen LogP contribution >= 0.6 is 0 Å². The number of carbonyl (C=O) groups is 3. The molecule has 27 heavy (non-hydrogen) atoms. The van der Waals surface area contributed by atoms with E-state index in [1.165, 1.54) is 0 Å². The molecule has 150 valence electrons. The van der Waals surface area contributed by atoms with Gasteiger partial charge < -0.3 is 15.4 Å². The number of ketones is 1. The highest BCUT2D eigenvalue weighted by Gasteiger charge is 2.42. The Morgan fingerprint density at radius 3 is 2.07 bits per heavy atom. The van der Waals surface area contributed by atoms with Gasteiger partial charge in [-0.3, -0.25) is 9.59 Å². The molecule has 0 heterocycles. The summed E-state index contributed by atoms with van der Waals surface area (Å²) in [6.45, 7) is 5.82. The van der Waals surface area contributed by atoms with Gasteiger partial charge in [0.2, 0.25) is 5.91 Å². The van der Waals surface area contributed by atoms with Crippen molar-refractivity contribution in [2.45, 2.75) is 58.0 Å². The fraction of sp³-hybridized carbons (Fsp3) is 0.500. The first kappa shape index (κ1) is 22.5. The number of nitrogens with one attached hydrogen (secondary N) is 2. The lowest BCUT2D eigenvalue weighted by Crippen LogP contribution is -2.54. The average Bonchev–Trinajstić information content (AvgIpc) is 2.51. The van der Waals surface area contributed by atoms with Gasteiger partial charge in [-0.05, 0) is 33.3 Å². The minimum Gasteiger partial charge on any atom is -0.444 e. The van der Waals surface area contributed by atoms with E-state index >= 15 is 0 Å². The van der Waals surface area contributed by atoms with E-state index in [1.54, 1.807) is 51.1 Å². The van der Waals surface area contributed by atoms with E-state index in [4.69, 9.17) is 4.74 Å². The van der Waals surface area contributed by atoms with Gasteiger partial charge in [-0.15, -0.1) is 0 Å². The maximum Gasteiger partial charge on any atom is 0.452 e. The van der Waals surface area contributed by atoms with Crippen LogP contribution in [-0.2, 0) is 20.7 Å². The number of Topliss-reactive ketones (excluding diaryl/α,β-unsaturated/α-hetero) is 1. The lowest BCUT2D eigenvalue weighted by molar-refractivity contribution is -0.173. The third-order valence-electron chi connectivity index (χ3n) is 3.32. The molecule has 9 heteroatoms. The van der Waals surface area contributed by atoms with Crippen molar-refractivity contribution in [3.63, 3.8) is 0 Å². The Bertz CT molecular complexity index is 669. The molecule has 0 aliphatic rings. The summed E-state index contributed by atoms with van der Waals surface area (Å²) in [5.41, 5.74) is -0.152. The molecule has 6 nitrogen and oxygen atoms in total. The van der Waals surface area contributed by atoms with Crippen molar-refractivity contribution in [3.05, 3.63) is 35.9 Å². The van der Waals surface area contributed by atoms with Gasteiger partial charge in [-0.1, -0.05) is 30.3 Å². The molecule has 0 fully saturated rings. The normalized spacial score (nSPS) is 14.0. The molecule has 1 aromatic rings. The van der Waals surface area contributed by atoms with Crippen molar-refractivity contribution in [3.8, 4) is 0 Å². The fourth-order valence-electron chi connectivity index (χ4n) is 2.13. The molecule has 2 atom stereocenters. The van der Waals surface area contributed by atoms with Gasteiger partial charge in [0, 0.05) is 6.42 Å². The van der Waals surface area contributed by atoms with Crippen LogP contribution in [0.25, 0.3) is 0 Å². The van der Waals surface area contributed by atoms with Gasteiger partial charge >= 0.3 is 12.3 Å². The highest BCUT2D eigenvalue weighted by atomic mass is 19.4. The number of ether oxygens (including phenoxy) is 1. The molecule has 1 rings (SSSR count). The minimum atomic E-state index is -5.07. The molecule has 2 N–H and O–H groups in total. The topological polar surface area (TPSA) is 84.5 Å². The Labute approximate surface area is 155 Å². The number of halogens is 3. The molecule has 0 radical (unpaired) electrons. The van der Waals surface area contributed by atoms with Crippen molar-refractivity contribution in [1.82, 2.24) is 10.6 Å². The van der Waals surface area contributed by atoms with E-state index in [2.05, 4.69) is 5.32 Å². The summed E-state index contributed by atoms with van der Waals surface area (Å²) in [5.74, 6) is -3.00. The number of benzene rings is 1. The van der Waals surface area contributed by atoms with E-state index in [0.29, 0.717) is 5.56 Å². The summed E-state index contributed by atoms with van der Waals surface area (Å²) in [5, 5.41) is 4.34. The SMILES string of the molecule is C[C@H](NC(=O)[C@H](Cc1ccccc1)NC(=O)OC(C)(C)C)C(=O)C(F)(F)F. The minimum absolute atomic E-state index is 0.0127. The Kier molecular flexibility index (Phi) is 7.38. The van der Waals surface area contributed by atoms with Crippen molar-refractivity contribution < 1.29 is 32.3 Å². The lowest BCUT2D eigenvalue weighted by atomic mass is 10.0. The summed E-state index contributed by atoms with van der Waals surface area (Å²) in [4.78, 5) is 35.6. The first-order valence-electron chi connectivity index (χ1n) is 8.24. The maximum absolute atomic E-state index is 12.5. The Morgan fingerprint density at radius 1 is 1.04 bits per heavy atom. The zero-order chi connectivity index (χ0) is 20.8. The number of hydrogen-bond acceptors (Lipinski definition) is 4. The third-order valence-corrected chi connectivity index (χ3v) is 3.32. The van der Waals surface area contributed by atoms with Gasteiger partial charge in [-0.2, -0.15) is 13.2 Å². The first-order chi connectivity index (χ1) is 12.3. The van der Waals surface area contributed by atoms with E-state index in [1.807, 2.05) is 5.32 Å². The standard InChI is InChI=1S/C18H23F3N2O4/c1-11(14(24)18(19,20)21)22-15(25)13(10-12-8-6-5-7-9-12)23-16(26)27-17(2,3)4/h5-9,11,13H,10H2,1-4H3,(H,22,25)(H,23,26)/t11-,13-/m0/s1. The predicted octanol–water partition coefficient (Wildman–Crippen LogP) is 2.76. The summed E-state index contributed by atoms with van der Waals surface area (Å²) in [6, 6.07) is 5.58. The van der Waals surface area contributed by atoms with Crippen LogP contribution < -0.4 is 10.6 Å². The van der Waals surface area contributed by atoms with Gasteiger partial charge in [0.15, 0.2) is 0 Å². The van der Waals surface area contributed by atoms with Crippen molar-refractivity contribution in [2.75, 3.05) is 0 Å². The Balaban J connectivity index is 2.90. The molecular formula is C18H23F3N2O4. The number of rotatable bonds is 6. The van der Waals surface area contributed by atoms with Gasteiger partial charge in [0.25, 0.3) is 5.78 Å². The van der Waals surface area contributed by atoms with Crippen LogP contribution in [0.5, 0.6) is 0 Å². The van der Waals surface area contributed by atoms with Crippen LogP contribution in [0.2, 0.25) is 0 Å². The van der Waals surface area contributed by atoms with E-state index in [9.17, 15) is 27.6 Å². The molecule has 0 unspecified atom stereocenters. The molecule has 1 aromatic carbocycles. The van der Waals surface area contributed by atoms with E-state index in [0.717, 1.165) is 6.92 Å². The van der Waals surface area contributed by atoms with Gasteiger partial charge in [0.05, 0.1) is 6.04 Å². The van der Waals surface area contributed by atoms with Crippen molar-refractivity contribution in [1.29, 1.82) is 0 Å². The Hall–Kier alpha value is -2.58. The molecular weight excluding hydrogens is 365 g/mol. The predicted molar refractivity (Wildman–Crippen MR) is 92.0 cm³/mol. The largest absolute Gasteiger partial charge is 0.452 e. The summed E-state index contributed by atoms with van der Waals surface area (Å²) >= 11 is 0. The highest BCUT2D eigenvalue weighted by Crippen LogP contribution is 2.18. The van der Waals surface area contributed by atoms with Crippen LogP contribution in [0.1, 0.15) is 33.3 Å². The number of hydrogen-bond donors (Lipinski definition) is 2. The van der Waals surface area contributed by atoms with E-state index in [-0.39, 0.29) is 6.42 Å². The first-order valence-corrected chi connectivity index (χ1v) is 8.24. The molecule has 0 spiro atoms. The number of alkyl carbamates (subject to hydrolysis) is 1. The molecule has 0 saturated carbocycles. The van der Waals surface area contributed by atoms with E-state index < -0.39 is 41.6 Å². The monoisotopic (exact) mass is 388 g/mol. The average molecular weight is 388 g/mol. The number of carbonyl (C=O) groups excluding carboxylic acids is 3. The summed E-state index contributed by atoms with van der Waals surface area (Å²) in [7, 11) is 0. The second-order valence-electron chi connectivity index (χ2n) is 6.98. The van der Waals surface area contributed by atoms with Gasteiger partial charge in [-0.25, -0.2) is 4.79 Å². The van der Waals surface area contributed by atoms with Crippen molar-refractivity contribution in [2.24, 2.45) is 0 Å². The smallest absolute Gasteiger partial charge is 0.444 e. The number of alkyl halides is 3. The molecule has 2 amide bonds. The second-order valence-corrected chi connectivity index (χ2v) is 6.98. The Morgan fingerprint density at radius 2 is 1.59 bits per heavy atom. The van der Waals surface area contributed by atoms with Crippen molar-refractivity contribution >= 4 is 17.8 Å². The van der Waals surface area contributed by atoms with Crippen LogP contribution in [0, 0.1) is 0 Å². The van der Waals surface area contributed by atoms with Crippen LogP contribution in [0.4, 0.5) is 18.0 Å². The highest BCUT2D eigenvalue weighted by molar-refractivity contribution is 5.94. The third kappa shape index (κ3) is 8.10. The van der Waals surface area contributed by atoms with Crippen LogP contribution in [0.15, 0.2) is 30.3 Å². The molecule has 0 aliphatic heterocycles. The maximum atomic E-state index is 12.5. The summed E-state index contributed by atoms with van der Waals surface area (Å²) < 4.78 is 42.6. The van der Waals surface area contributed by atoms with Gasteiger partial charge in [0.1, 0.15) is 11.6 Å². The lowest BCUT2D eigenvalue weighted by Gasteiger charge is -2.24. The fourth-order valence-corrected chi connectivity index (χ4v) is 2.13. The second kappa shape index (κ2) is 8.88. The van der Waals surface area contributed by atoms with Crippen LogP contribution in [-0.4, -0.2) is 41.6 Å². The molecule has 0 bridgehead atoms. The quantitative estimate of drug-likeness (QED) is 0.785. The molecule has 0 aromatic heterocycles. The zero-order valence-electron chi connectivity index (χ0n) is 15.5. The number of amides is 2. The van der Waals surface area contributed by atoms with Crippen LogP contribution in [0.3, 0.4) is 0 Å². The summed E-state index contributed by atoms with van der Waals surface area (Å²) in [6.07, 6.45) is -5.95. The molecule has 0 aliphatic carbocycles. The zero-order valence-corrected chi connectivity index (χ0v) is 15.5.